The second-order valence-corrected chi connectivity index (χ2v) is 12.1. The lowest BCUT2D eigenvalue weighted by atomic mass is 9.98. The van der Waals surface area contributed by atoms with Crippen LogP contribution in [-0.2, 0) is 20.4 Å². The van der Waals surface area contributed by atoms with E-state index in [1.807, 2.05) is 38.1 Å². The van der Waals surface area contributed by atoms with E-state index in [4.69, 9.17) is 0 Å². The number of thiophene rings is 1. The minimum Gasteiger partial charge on any atom is -0.386 e. The van der Waals surface area contributed by atoms with Gasteiger partial charge in [0.15, 0.2) is 0 Å². The van der Waals surface area contributed by atoms with Crippen molar-refractivity contribution in [2.75, 3.05) is 31.1 Å². The lowest BCUT2D eigenvalue weighted by Gasteiger charge is -2.44. The Morgan fingerprint density at radius 2 is 1.88 bits per heavy atom. The first-order chi connectivity index (χ1) is 14.9. The van der Waals surface area contributed by atoms with E-state index in [9.17, 15) is 18.3 Å². The molecule has 1 aliphatic rings. The van der Waals surface area contributed by atoms with Crippen molar-refractivity contribution < 1.29 is 18.3 Å². The summed E-state index contributed by atoms with van der Waals surface area (Å²) in [7, 11) is -3.57. The van der Waals surface area contributed by atoms with Crippen LogP contribution in [-0.4, -0.2) is 66.9 Å². The Labute approximate surface area is 195 Å². The number of amides is 1. The lowest BCUT2D eigenvalue weighted by Crippen LogP contribution is -2.59. The minimum absolute atomic E-state index is 0.0104. The van der Waals surface area contributed by atoms with E-state index in [0.717, 1.165) is 11.3 Å². The van der Waals surface area contributed by atoms with Gasteiger partial charge in [0.05, 0.1) is 11.6 Å². The van der Waals surface area contributed by atoms with Gasteiger partial charge in [-0.15, -0.1) is 11.3 Å². The van der Waals surface area contributed by atoms with Gasteiger partial charge in [0, 0.05) is 44.8 Å². The quantitative estimate of drug-likeness (QED) is 0.660. The van der Waals surface area contributed by atoms with Crippen LogP contribution >= 0.6 is 11.3 Å². The predicted molar refractivity (Wildman–Crippen MR) is 128 cm³/mol. The molecular weight excluding hydrogens is 446 g/mol. The SMILES string of the molecule is CC(=O)N(C[C@H]1CN(S(=O)(=O)c2cccs2)CCN1c1ccc(C(C)(C)O)cc1)C(C)C. The topological polar surface area (TPSA) is 81.2 Å². The van der Waals surface area contributed by atoms with Crippen LogP contribution < -0.4 is 4.90 Å². The van der Waals surface area contributed by atoms with Crippen LogP contribution in [0.3, 0.4) is 0 Å². The zero-order valence-corrected chi connectivity index (χ0v) is 21.0. The molecule has 0 unspecified atom stereocenters. The standard InChI is InChI=1S/C23H33N3O4S2/c1-17(2)26(18(3)27)16-21-15-24(32(29,30)22-7-6-14-31-22)12-13-25(21)20-10-8-19(9-11-20)23(4,5)28/h6-11,14,17,21,28H,12-13,15-16H2,1-5H3/t21-/m1/s1. The van der Waals surface area contributed by atoms with Crippen LogP contribution in [0.15, 0.2) is 46.0 Å². The Balaban J connectivity index is 1.91. The van der Waals surface area contributed by atoms with Crippen LogP contribution in [0.25, 0.3) is 0 Å². The Bertz CT molecular complexity index is 1010. The van der Waals surface area contributed by atoms with Gasteiger partial charge in [-0.25, -0.2) is 8.42 Å². The molecule has 1 fully saturated rings. The van der Waals surface area contributed by atoms with Crippen LogP contribution in [0, 0.1) is 0 Å². The summed E-state index contributed by atoms with van der Waals surface area (Å²) in [6.07, 6.45) is 0. The maximum atomic E-state index is 13.2. The van der Waals surface area contributed by atoms with E-state index in [-0.39, 0.29) is 18.0 Å². The zero-order valence-electron chi connectivity index (χ0n) is 19.4. The van der Waals surface area contributed by atoms with Gasteiger partial charge in [-0.05, 0) is 56.8 Å². The van der Waals surface area contributed by atoms with Crippen molar-refractivity contribution in [1.29, 1.82) is 0 Å². The molecule has 9 heteroatoms. The Morgan fingerprint density at radius 1 is 1.22 bits per heavy atom. The van der Waals surface area contributed by atoms with Gasteiger partial charge in [0.2, 0.25) is 5.91 Å². The highest BCUT2D eigenvalue weighted by molar-refractivity contribution is 7.91. The van der Waals surface area contributed by atoms with E-state index in [1.165, 1.54) is 15.6 Å². The highest BCUT2D eigenvalue weighted by Gasteiger charge is 2.36. The summed E-state index contributed by atoms with van der Waals surface area (Å²) in [5, 5.41) is 12.0. The summed E-state index contributed by atoms with van der Waals surface area (Å²) in [5.74, 6) is -0.0319. The van der Waals surface area contributed by atoms with Gasteiger partial charge in [0.1, 0.15) is 4.21 Å². The number of aliphatic hydroxyl groups is 1. The number of carbonyl (C=O) groups excluding carboxylic acids is 1. The minimum atomic E-state index is -3.57. The molecule has 1 aliphatic heterocycles. The summed E-state index contributed by atoms with van der Waals surface area (Å²) in [6.45, 7) is 10.6. The van der Waals surface area contributed by atoms with Gasteiger partial charge < -0.3 is 14.9 Å². The third-order valence-corrected chi connectivity index (χ3v) is 9.11. The fourth-order valence-electron chi connectivity index (χ4n) is 4.07. The molecule has 0 aliphatic carbocycles. The number of sulfonamides is 1. The molecule has 0 saturated carbocycles. The molecule has 176 valence electrons. The second-order valence-electron chi connectivity index (χ2n) is 9.01. The third kappa shape index (κ3) is 5.33. The molecule has 1 atom stereocenters. The van der Waals surface area contributed by atoms with Crippen molar-refractivity contribution in [2.24, 2.45) is 0 Å². The van der Waals surface area contributed by atoms with E-state index in [1.54, 1.807) is 43.2 Å². The highest BCUT2D eigenvalue weighted by atomic mass is 32.2. The zero-order chi connectivity index (χ0) is 23.7. The van der Waals surface area contributed by atoms with Crippen LogP contribution in [0.4, 0.5) is 5.69 Å². The molecule has 0 spiro atoms. The largest absolute Gasteiger partial charge is 0.386 e. The molecular formula is C23H33N3O4S2. The summed E-state index contributed by atoms with van der Waals surface area (Å²) in [5.41, 5.74) is 0.821. The molecule has 1 saturated heterocycles. The number of piperazine rings is 1. The van der Waals surface area contributed by atoms with Crippen molar-refractivity contribution >= 4 is 33.0 Å². The van der Waals surface area contributed by atoms with Crippen LogP contribution in [0.1, 0.15) is 40.2 Å². The van der Waals surface area contributed by atoms with Gasteiger partial charge >= 0.3 is 0 Å². The predicted octanol–water partition coefficient (Wildman–Crippen LogP) is 3.11. The average molecular weight is 480 g/mol. The fourth-order valence-corrected chi connectivity index (χ4v) is 6.68. The normalized spacial score (nSPS) is 18.2. The number of rotatable bonds is 7. The fraction of sp³-hybridized carbons (Fsp3) is 0.522. The number of hydrogen-bond donors (Lipinski definition) is 1. The molecule has 1 aromatic carbocycles. The van der Waals surface area contributed by atoms with Crippen LogP contribution in [0.5, 0.6) is 0 Å². The third-order valence-electron chi connectivity index (χ3n) is 5.88. The first kappa shape index (κ1) is 24.7. The number of anilines is 1. The van der Waals surface area contributed by atoms with Crippen LogP contribution in [0.2, 0.25) is 0 Å². The smallest absolute Gasteiger partial charge is 0.252 e. The van der Waals surface area contributed by atoms with E-state index in [0.29, 0.717) is 30.4 Å². The monoisotopic (exact) mass is 479 g/mol. The van der Waals surface area contributed by atoms with E-state index < -0.39 is 15.6 Å². The van der Waals surface area contributed by atoms with Gasteiger partial charge in [-0.2, -0.15) is 4.31 Å². The summed E-state index contributed by atoms with van der Waals surface area (Å²) in [4.78, 5) is 16.2. The lowest BCUT2D eigenvalue weighted by molar-refractivity contribution is -0.130. The molecule has 2 aromatic rings. The number of benzene rings is 1. The highest BCUT2D eigenvalue weighted by Crippen LogP contribution is 2.29. The van der Waals surface area contributed by atoms with Crippen molar-refractivity contribution in [1.82, 2.24) is 9.21 Å². The molecule has 1 aromatic heterocycles. The Kier molecular flexibility index (Phi) is 7.34. The van der Waals surface area contributed by atoms with Gasteiger partial charge in [-0.3, -0.25) is 4.79 Å². The molecule has 2 heterocycles. The van der Waals surface area contributed by atoms with Crippen molar-refractivity contribution in [2.45, 2.75) is 56.5 Å². The first-order valence-corrected chi connectivity index (χ1v) is 13.1. The molecule has 32 heavy (non-hydrogen) atoms. The van der Waals surface area contributed by atoms with Crippen molar-refractivity contribution in [3.8, 4) is 0 Å². The van der Waals surface area contributed by atoms with Gasteiger partial charge in [-0.1, -0.05) is 18.2 Å². The first-order valence-electron chi connectivity index (χ1n) is 10.8. The Morgan fingerprint density at radius 3 is 2.38 bits per heavy atom. The Hall–Kier alpha value is -1.94. The molecule has 1 N–H and O–H groups in total. The summed E-state index contributed by atoms with van der Waals surface area (Å²) in [6, 6.07) is 10.9. The second kappa shape index (κ2) is 9.51. The average Bonchev–Trinajstić information content (AvgIpc) is 3.26. The van der Waals surface area contributed by atoms with E-state index in [2.05, 4.69) is 4.90 Å². The van der Waals surface area contributed by atoms with Crippen molar-refractivity contribution in [3.63, 3.8) is 0 Å². The molecule has 3 rings (SSSR count). The molecule has 0 bridgehead atoms. The summed E-state index contributed by atoms with van der Waals surface area (Å²) < 4.78 is 28.2. The van der Waals surface area contributed by atoms with E-state index >= 15 is 0 Å². The molecule has 1 amide bonds. The number of carbonyl (C=O) groups is 1. The number of hydrogen-bond acceptors (Lipinski definition) is 6. The maximum absolute atomic E-state index is 13.2. The number of nitrogens with zero attached hydrogens (tertiary/aromatic N) is 3. The van der Waals surface area contributed by atoms with Gasteiger partial charge in [0.25, 0.3) is 10.0 Å². The van der Waals surface area contributed by atoms with Crippen molar-refractivity contribution in [3.05, 3.63) is 47.3 Å². The summed E-state index contributed by atoms with van der Waals surface area (Å²) >= 11 is 1.22. The molecule has 7 nitrogen and oxygen atoms in total. The molecule has 0 radical (unpaired) electrons. The maximum Gasteiger partial charge on any atom is 0.252 e.